The second-order valence-electron chi connectivity index (χ2n) is 5.20. The first-order valence-electron chi connectivity index (χ1n) is 7.66. The van der Waals surface area contributed by atoms with Crippen LogP contribution in [0.1, 0.15) is 45.6 Å². The lowest BCUT2D eigenvalue weighted by molar-refractivity contribution is -0.160. The molecule has 4 heteroatoms. The van der Waals surface area contributed by atoms with Crippen LogP contribution < -0.4 is 0 Å². The predicted octanol–water partition coefficient (Wildman–Crippen LogP) is 3.46. The van der Waals surface area contributed by atoms with Gasteiger partial charge in [0.1, 0.15) is 5.75 Å². The molecule has 0 fully saturated rings. The number of aromatic hydroxyl groups is 1. The van der Waals surface area contributed by atoms with Crippen LogP contribution in [0.2, 0.25) is 0 Å². The number of phenols is 1. The Balaban J connectivity index is 2.70. The van der Waals surface area contributed by atoms with Crippen LogP contribution >= 0.6 is 0 Å². The van der Waals surface area contributed by atoms with E-state index in [0.29, 0.717) is 13.0 Å². The Kier molecular flexibility index (Phi) is 7.83. The van der Waals surface area contributed by atoms with E-state index < -0.39 is 6.10 Å². The molecule has 0 saturated carbocycles. The fraction of sp³-hybridized carbons (Fsp3) is 0.588. The molecule has 0 bridgehead atoms. The van der Waals surface area contributed by atoms with Crippen molar-refractivity contribution in [3.05, 3.63) is 29.8 Å². The van der Waals surface area contributed by atoms with Crippen molar-refractivity contribution in [1.29, 1.82) is 0 Å². The highest BCUT2D eigenvalue weighted by Gasteiger charge is 2.23. The van der Waals surface area contributed by atoms with Gasteiger partial charge in [-0.25, -0.2) is 4.79 Å². The Bertz CT molecular complexity index is 431. The molecule has 0 aliphatic heterocycles. The second kappa shape index (κ2) is 9.40. The quantitative estimate of drug-likeness (QED) is 0.709. The van der Waals surface area contributed by atoms with Gasteiger partial charge in [0.2, 0.25) is 0 Å². The number of unbranched alkanes of at least 4 members (excludes halogenated alkanes) is 1. The molecule has 118 valence electrons. The molecule has 2 atom stereocenters. The molecule has 0 aromatic heterocycles. The number of esters is 1. The summed E-state index contributed by atoms with van der Waals surface area (Å²) in [5.74, 6) is -0.154. The highest BCUT2D eigenvalue weighted by molar-refractivity contribution is 5.75. The Labute approximate surface area is 127 Å². The highest BCUT2D eigenvalue weighted by atomic mass is 16.6. The molecule has 0 saturated heterocycles. The van der Waals surface area contributed by atoms with Crippen LogP contribution in [-0.2, 0) is 20.7 Å². The molecule has 0 amide bonds. The maximum Gasteiger partial charge on any atom is 0.335 e. The number of ether oxygens (including phenoxy) is 2. The van der Waals surface area contributed by atoms with Crippen LogP contribution in [0.5, 0.6) is 5.75 Å². The van der Waals surface area contributed by atoms with Gasteiger partial charge in [-0.2, -0.15) is 0 Å². The first kappa shape index (κ1) is 17.5. The summed E-state index contributed by atoms with van der Waals surface area (Å²) >= 11 is 0. The van der Waals surface area contributed by atoms with Gasteiger partial charge in [0.25, 0.3) is 0 Å². The van der Waals surface area contributed by atoms with Gasteiger partial charge in [0.05, 0.1) is 12.7 Å². The summed E-state index contributed by atoms with van der Waals surface area (Å²) in [6.45, 7) is 6.22. The molecule has 1 aromatic carbocycles. The zero-order valence-corrected chi connectivity index (χ0v) is 13.2. The molecule has 0 aliphatic carbocycles. The lowest BCUT2D eigenvalue weighted by Gasteiger charge is -2.21. The van der Waals surface area contributed by atoms with Crippen molar-refractivity contribution in [3.63, 3.8) is 0 Å². The fourth-order valence-corrected chi connectivity index (χ4v) is 2.16. The summed E-state index contributed by atoms with van der Waals surface area (Å²) in [4.78, 5) is 12.0. The molecular formula is C17H26O4. The Hall–Kier alpha value is -1.55. The zero-order chi connectivity index (χ0) is 15.7. The number of carbonyl (C=O) groups is 1. The molecule has 1 rings (SSSR count). The first-order chi connectivity index (χ1) is 10.1. The molecular weight excluding hydrogens is 268 g/mol. The lowest BCUT2D eigenvalue weighted by atomic mass is 10.1. The number of phenolic OH excluding ortho intramolecular Hbond substituents is 1. The molecule has 0 aliphatic rings. The average molecular weight is 294 g/mol. The third-order valence-electron chi connectivity index (χ3n) is 3.24. The first-order valence-corrected chi connectivity index (χ1v) is 7.66. The summed E-state index contributed by atoms with van der Waals surface area (Å²) in [5.41, 5.74) is 0.857. The van der Waals surface area contributed by atoms with E-state index in [1.54, 1.807) is 25.1 Å². The maximum atomic E-state index is 12.0. The molecule has 4 nitrogen and oxygen atoms in total. The second-order valence-corrected chi connectivity index (χ2v) is 5.20. The van der Waals surface area contributed by atoms with Crippen molar-refractivity contribution < 1.29 is 19.4 Å². The average Bonchev–Trinajstić information content (AvgIpc) is 2.44. The van der Waals surface area contributed by atoms with E-state index >= 15 is 0 Å². The van der Waals surface area contributed by atoms with Crippen LogP contribution in [0.25, 0.3) is 0 Å². The predicted molar refractivity (Wildman–Crippen MR) is 82.3 cm³/mol. The number of hydrogen-bond acceptors (Lipinski definition) is 4. The molecule has 2 unspecified atom stereocenters. The number of hydrogen-bond donors (Lipinski definition) is 1. The van der Waals surface area contributed by atoms with Crippen molar-refractivity contribution >= 4 is 5.97 Å². The van der Waals surface area contributed by atoms with Crippen LogP contribution in [0.3, 0.4) is 0 Å². The normalized spacial score (nSPS) is 13.7. The summed E-state index contributed by atoms with van der Waals surface area (Å²) in [6.07, 6.45) is 2.89. The van der Waals surface area contributed by atoms with E-state index in [4.69, 9.17) is 9.47 Å². The Morgan fingerprint density at radius 1 is 1.33 bits per heavy atom. The summed E-state index contributed by atoms with van der Waals surface area (Å²) < 4.78 is 10.9. The molecule has 0 radical (unpaired) electrons. The number of carbonyl (C=O) groups excluding carboxylic acids is 1. The minimum absolute atomic E-state index is 0.0108. The third-order valence-corrected chi connectivity index (χ3v) is 3.24. The van der Waals surface area contributed by atoms with Gasteiger partial charge in [0.15, 0.2) is 6.10 Å². The maximum absolute atomic E-state index is 12.0. The Morgan fingerprint density at radius 3 is 2.71 bits per heavy atom. The van der Waals surface area contributed by atoms with Crippen LogP contribution in [-0.4, -0.2) is 29.9 Å². The van der Waals surface area contributed by atoms with E-state index in [0.717, 1.165) is 24.8 Å². The standard InChI is InChI=1S/C17H26O4/c1-4-6-8-13(3)21-16(17(19)20-5-2)12-14-9-7-10-15(18)11-14/h7,9-11,13,16,18H,4-6,8,12H2,1-3H3. The minimum Gasteiger partial charge on any atom is -0.508 e. The number of rotatable bonds is 9. The number of benzene rings is 1. The van der Waals surface area contributed by atoms with Gasteiger partial charge in [-0.15, -0.1) is 0 Å². The van der Waals surface area contributed by atoms with Crippen molar-refractivity contribution in [2.45, 2.75) is 58.7 Å². The fourth-order valence-electron chi connectivity index (χ4n) is 2.16. The van der Waals surface area contributed by atoms with E-state index in [1.807, 2.05) is 13.0 Å². The van der Waals surface area contributed by atoms with E-state index in [2.05, 4.69) is 6.92 Å². The van der Waals surface area contributed by atoms with Gasteiger partial charge in [0, 0.05) is 6.42 Å². The summed E-state index contributed by atoms with van der Waals surface area (Å²) in [5, 5.41) is 9.51. The lowest BCUT2D eigenvalue weighted by Crippen LogP contribution is -2.32. The molecule has 0 spiro atoms. The molecule has 1 N–H and O–H groups in total. The van der Waals surface area contributed by atoms with Gasteiger partial charge >= 0.3 is 5.97 Å². The van der Waals surface area contributed by atoms with Gasteiger partial charge in [-0.3, -0.25) is 0 Å². The Morgan fingerprint density at radius 2 is 2.10 bits per heavy atom. The summed E-state index contributed by atoms with van der Waals surface area (Å²) in [7, 11) is 0. The third kappa shape index (κ3) is 6.63. The highest BCUT2D eigenvalue weighted by Crippen LogP contribution is 2.16. The van der Waals surface area contributed by atoms with E-state index in [9.17, 15) is 9.90 Å². The molecule has 0 heterocycles. The van der Waals surface area contributed by atoms with E-state index in [-0.39, 0.29) is 17.8 Å². The topological polar surface area (TPSA) is 55.8 Å². The largest absolute Gasteiger partial charge is 0.508 e. The molecule has 21 heavy (non-hydrogen) atoms. The van der Waals surface area contributed by atoms with Crippen LogP contribution in [0.15, 0.2) is 24.3 Å². The van der Waals surface area contributed by atoms with Gasteiger partial charge in [-0.05, 0) is 38.0 Å². The van der Waals surface area contributed by atoms with Crippen molar-refractivity contribution in [3.8, 4) is 5.75 Å². The zero-order valence-electron chi connectivity index (χ0n) is 13.2. The van der Waals surface area contributed by atoms with Crippen LogP contribution in [0.4, 0.5) is 0 Å². The SMILES string of the molecule is CCCCC(C)OC(Cc1cccc(O)c1)C(=O)OCC. The monoisotopic (exact) mass is 294 g/mol. The smallest absolute Gasteiger partial charge is 0.335 e. The minimum atomic E-state index is -0.626. The molecule has 1 aromatic rings. The van der Waals surface area contributed by atoms with Crippen molar-refractivity contribution in [2.24, 2.45) is 0 Å². The van der Waals surface area contributed by atoms with E-state index in [1.165, 1.54) is 0 Å². The van der Waals surface area contributed by atoms with Crippen LogP contribution in [0, 0.1) is 0 Å². The van der Waals surface area contributed by atoms with Gasteiger partial charge < -0.3 is 14.6 Å². The van der Waals surface area contributed by atoms with Crippen molar-refractivity contribution in [1.82, 2.24) is 0 Å². The van der Waals surface area contributed by atoms with Crippen molar-refractivity contribution in [2.75, 3.05) is 6.61 Å². The van der Waals surface area contributed by atoms with Gasteiger partial charge in [-0.1, -0.05) is 31.9 Å². The summed E-state index contributed by atoms with van der Waals surface area (Å²) in [6, 6.07) is 6.87.